The van der Waals surface area contributed by atoms with Gasteiger partial charge in [0.15, 0.2) is 0 Å². The van der Waals surface area contributed by atoms with E-state index in [4.69, 9.17) is 34.8 Å². The molecule has 3 heteroatoms. The summed E-state index contributed by atoms with van der Waals surface area (Å²) in [7, 11) is 0. The first-order chi connectivity index (χ1) is 11.6. The molecule has 1 unspecified atom stereocenters. The maximum atomic E-state index is 6.57. The van der Waals surface area contributed by atoms with Crippen molar-refractivity contribution in [2.24, 2.45) is 0 Å². The summed E-state index contributed by atoms with van der Waals surface area (Å²) >= 11 is 18.5. The quantitative estimate of drug-likeness (QED) is 0.418. The molecule has 1 atom stereocenters. The Morgan fingerprint density at radius 3 is 1.88 bits per heavy atom. The smallest absolute Gasteiger partial charge is 0.113 e. The summed E-state index contributed by atoms with van der Waals surface area (Å²) in [6.07, 6.45) is 0.840. The average Bonchev–Trinajstić information content (AvgIpc) is 2.63. The van der Waals surface area contributed by atoms with Crippen LogP contribution in [-0.4, -0.2) is 0 Å². The van der Waals surface area contributed by atoms with Gasteiger partial charge in [0.1, 0.15) is 4.84 Å². The summed E-state index contributed by atoms with van der Waals surface area (Å²) in [6, 6.07) is 26.6. The van der Waals surface area contributed by atoms with Crippen LogP contribution in [0.1, 0.15) is 38.0 Å². The molecule has 0 spiro atoms. The highest BCUT2D eigenvalue weighted by atomic mass is 35.5. The first-order valence-corrected chi connectivity index (χ1v) is 9.09. The molecule has 122 valence electrons. The SMILES string of the molecule is ClC(Cl)c1cccc(Cc2ccc(C(Cl)c3ccccc3)cc2)c1. The fourth-order valence-electron chi connectivity index (χ4n) is 2.69. The van der Waals surface area contributed by atoms with Crippen LogP contribution in [0, 0.1) is 0 Å². The van der Waals surface area contributed by atoms with E-state index in [-0.39, 0.29) is 5.38 Å². The zero-order chi connectivity index (χ0) is 16.9. The van der Waals surface area contributed by atoms with Gasteiger partial charge in [-0.25, -0.2) is 0 Å². The predicted octanol–water partition coefficient (Wildman–Crippen LogP) is 7.08. The minimum atomic E-state index is -0.491. The first-order valence-electron chi connectivity index (χ1n) is 7.78. The molecule has 0 aliphatic carbocycles. The van der Waals surface area contributed by atoms with Gasteiger partial charge in [-0.3, -0.25) is 0 Å². The van der Waals surface area contributed by atoms with Gasteiger partial charge >= 0.3 is 0 Å². The van der Waals surface area contributed by atoms with Crippen LogP contribution in [0.25, 0.3) is 0 Å². The van der Waals surface area contributed by atoms with Crippen LogP contribution < -0.4 is 0 Å². The lowest BCUT2D eigenvalue weighted by molar-refractivity contribution is 1.12. The second-order valence-electron chi connectivity index (χ2n) is 5.74. The highest BCUT2D eigenvalue weighted by Gasteiger charge is 2.10. The van der Waals surface area contributed by atoms with Gasteiger partial charge in [0.25, 0.3) is 0 Å². The summed E-state index contributed by atoms with van der Waals surface area (Å²) in [5.41, 5.74) is 5.56. The monoisotopic (exact) mass is 374 g/mol. The van der Waals surface area contributed by atoms with Crippen molar-refractivity contribution in [2.75, 3.05) is 0 Å². The summed E-state index contributed by atoms with van der Waals surface area (Å²) in [6.45, 7) is 0. The molecule has 0 nitrogen and oxygen atoms in total. The highest BCUT2D eigenvalue weighted by molar-refractivity contribution is 6.44. The maximum absolute atomic E-state index is 6.57. The number of hydrogen-bond acceptors (Lipinski definition) is 0. The molecule has 0 fully saturated rings. The van der Waals surface area contributed by atoms with Crippen molar-refractivity contribution in [3.63, 3.8) is 0 Å². The lowest BCUT2D eigenvalue weighted by Crippen LogP contribution is -1.95. The molecule has 3 aromatic rings. The Labute approximate surface area is 158 Å². The largest absolute Gasteiger partial charge is 0.132 e. The van der Waals surface area contributed by atoms with E-state index < -0.39 is 4.84 Å². The number of alkyl halides is 3. The fraction of sp³-hybridized carbons (Fsp3) is 0.143. The van der Waals surface area contributed by atoms with Crippen LogP contribution >= 0.6 is 34.8 Å². The zero-order valence-electron chi connectivity index (χ0n) is 13.0. The van der Waals surface area contributed by atoms with E-state index in [0.29, 0.717) is 0 Å². The molecular formula is C21H17Cl3. The van der Waals surface area contributed by atoms with Gasteiger partial charge in [-0.15, -0.1) is 34.8 Å². The van der Waals surface area contributed by atoms with E-state index >= 15 is 0 Å². The summed E-state index contributed by atoms with van der Waals surface area (Å²) in [4.78, 5) is -0.491. The standard InChI is InChI=1S/C21H17Cl3/c22-20(17-6-2-1-3-7-17)18-11-9-15(10-12-18)13-16-5-4-8-19(14-16)21(23)24/h1-12,14,20-21H,13H2. The minimum Gasteiger partial charge on any atom is -0.113 e. The maximum Gasteiger partial charge on any atom is 0.132 e. The molecular weight excluding hydrogens is 359 g/mol. The molecule has 0 bridgehead atoms. The van der Waals surface area contributed by atoms with Crippen molar-refractivity contribution in [3.05, 3.63) is 107 Å². The van der Waals surface area contributed by atoms with Gasteiger partial charge in [0, 0.05) is 0 Å². The molecule has 0 aromatic heterocycles. The van der Waals surface area contributed by atoms with Crippen molar-refractivity contribution in [2.45, 2.75) is 16.6 Å². The Morgan fingerprint density at radius 2 is 1.21 bits per heavy atom. The van der Waals surface area contributed by atoms with Crippen LogP contribution in [0.2, 0.25) is 0 Å². The van der Waals surface area contributed by atoms with Crippen molar-refractivity contribution < 1.29 is 0 Å². The second kappa shape index (κ2) is 8.07. The van der Waals surface area contributed by atoms with Crippen molar-refractivity contribution in [3.8, 4) is 0 Å². The van der Waals surface area contributed by atoms with Gasteiger partial charge in [-0.05, 0) is 34.2 Å². The van der Waals surface area contributed by atoms with Gasteiger partial charge in [0.05, 0.1) is 5.38 Å². The third kappa shape index (κ3) is 4.33. The van der Waals surface area contributed by atoms with E-state index in [1.807, 2.05) is 48.5 Å². The third-order valence-corrected chi connectivity index (χ3v) is 4.98. The van der Waals surface area contributed by atoms with E-state index in [2.05, 4.69) is 30.3 Å². The molecule has 3 aromatic carbocycles. The van der Waals surface area contributed by atoms with Crippen molar-refractivity contribution in [1.82, 2.24) is 0 Å². The lowest BCUT2D eigenvalue weighted by Gasteiger charge is -2.11. The highest BCUT2D eigenvalue weighted by Crippen LogP contribution is 2.29. The van der Waals surface area contributed by atoms with Crippen LogP contribution in [0.4, 0.5) is 0 Å². The Morgan fingerprint density at radius 1 is 0.583 bits per heavy atom. The molecule has 0 saturated carbocycles. The van der Waals surface area contributed by atoms with E-state index in [1.54, 1.807) is 0 Å². The molecule has 0 aliphatic rings. The van der Waals surface area contributed by atoms with Crippen LogP contribution in [0.5, 0.6) is 0 Å². The van der Waals surface area contributed by atoms with Gasteiger partial charge in [0.2, 0.25) is 0 Å². The summed E-state index contributed by atoms with van der Waals surface area (Å²) in [5, 5.41) is -0.128. The third-order valence-electron chi connectivity index (χ3n) is 3.98. The number of halogens is 3. The molecule has 0 aliphatic heterocycles. The lowest BCUT2D eigenvalue weighted by atomic mass is 9.99. The van der Waals surface area contributed by atoms with Crippen LogP contribution in [0.15, 0.2) is 78.9 Å². The molecule has 3 rings (SSSR count). The van der Waals surface area contributed by atoms with Gasteiger partial charge < -0.3 is 0 Å². The predicted molar refractivity (Wildman–Crippen MR) is 104 cm³/mol. The zero-order valence-corrected chi connectivity index (χ0v) is 15.3. The number of benzene rings is 3. The molecule has 0 N–H and O–H groups in total. The van der Waals surface area contributed by atoms with Crippen LogP contribution in [0.3, 0.4) is 0 Å². The van der Waals surface area contributed by atoms with Crippen molar-refractivity contribution in [1.29, 1.82) is 0 Å². The molecule has 0 radical (unpaired) electrons. The minimum absolute atomic E-state index is 0.128. The molecule has 24 heavy (non-hydrogen) atoms. The summed E-state index contributed by atoms with van der Waals surface area (Å²) < 4.78 is 0. The number of rotatable bonds is 5. The van der Waals surface area contributed by atoms with Gasteiger partial charge in [-0.2, -0.15) is 0 Å². The van der Waals surface area contributed by atoms with E-state index in [9.17, 15) is 0 Å². The van der Waals surface area contributed by atoms with Crippen molar-refractivity contribution >= 4 is 34.8 Å². The topological polar surface area (TPSA) is 0 Å². The Kier molecular flexibility index (Phi) is 5.84. The summed E-state index contributed by atoms with van der Waals surface area (Å²) in [5.74, 6) is 0. The fourth-order valence-corrected chi connectivity index (χ4v) is 3.26. The second-order valence-corrected chi connectivity index (χ2v) is 7.27. The first kappa shape index (κ1) is 17.4. The van der Waals surface area contributed by atoms with Crippen LogP contribution in [-0.2, 0) is 6.42 Å². The van der Waals surface area contributed by atoms with Gasteiger partial charge in [-0.1, -0.05) is 78.9 Å². The van der Waals surface area contributed by atoms with E-state index in [0.717, 1.165) is 23.1 Å². The Balaban J connectivity index is 1.74. The Hall–Kier alpha value is -1.47. The molecule has 0 saturated heterocycles. The molecule has 0 heterocycles. The molecule has 0 amide bonds. The Bertz CT molecular complexity index is 780. The normalized spacial score (nSPS) is 12.3. The number of hydrogen-bond donors (Lipinski definition) is 0. The van der Waals surface area contributed by atoms with E-state index in [1.165, 1.54) is 11.1 Å². The average molecular weight is 376 g/mol.